The number of aryl methyl sites for hydroxylation is 1. The van der Waals surface area contributed by atoms with Crippen LogP contribution in [0.2, 0.25) is 10.0 Å². The molecule has 186 valence electrons. The third kappa shape index (κ3) is 5.30. The monoisotopic (exact) mass is 522 g/mol. The first-order valence-corrected chi connectivity index (χ1v) is 12.9. The number of rotatable bonds is 7. The van der Waals surface area contributed by atoms with Crippen LogP contribution in [0.1, 0.15) is 45.4 Å². The standard InChI is InChI=1S/C28H28Cl2N4O2/c29-23-14-21(34-16-20(17-34)18-6-2-1-3-7-18)15-24(30)26(23)27(35)31-12-13-32-28(36)33-25-11-10-19-8-4-5-9-22(19)25/h1-9,14-15,20,25H,10-13,16-17H2,(H,31,35)(H2,32,33,36)/t25-/m1/s1. The predicted octanol–water partition coefficient (Wildman–Crippen LogP) is 5.31. The molecule has 3 amide bonds. The average Bonchev–Trinajstić information content (AvgIpc) is 3.24. The molecule has 3 aromatic carbocycles. The van der Waals surface area contributed by atoms with Crippen molar-refractivity contribution in [1.29, 1.82) is 0 Å². The van der Waals surface area contributed by atoms with Crippen LogP contribution in [0.25, 0.3) is 0 Å². The van der Waals surface area contributed by atoms with E-state index in [0.29, 0.717) is 16.0 Å². The van der Waals surface area contributed by atoms with Crippen molar-refractivity contribution in [2.45, 2.75) is 24.8 Å². The van der Waals surface area contributed by atoms with Gasteiger partial charge in [0.25, 0.3) is 5.91 Å². The van der Waals surface area contributed by atoms with Crippen molar-refractivity contribution in [3.8, 4) is 0 Å². The van der Waals surface area contributed by atoms with Crippen molar-refractivity contribution in [3.63, 3.8) is 0 Å². The first-order valence-electron chi connectivity index (χ1n) is 12.2. The summed E-state index contributed by atoms with van der Waals surface area (Å²) in [6, 6.07) is 21.9. The molecule has 0 aromatic heterocycles. The van der Waals surface area contributed by atoms with Gasteiger partial charge in [0.1, 0.15) is 0 Å². The number of halogens is 2. The predicted molar refractivity (Wildman–Crippen MR) is 144 cm³/mol. The van der Waals surface area contributed by atoms with E-state index in [1.807, 2.05) is 18.2 Å². The molecule has 6 nitrogen and oxygen atoms in total. The maximum atomic E-state index is 12.7. The molecule has 1 aliphatic carbocycles. The Labute approximate surface area is 221 Å². The minimum absolute atomic E-state index is 0.0151. The van der Waals surface area contributed by atoms with Gasteiger partial charge in [-0.2, -0.15) is 0 Å². The topological polar surface area (TPSA) is 73.5 Å². The van der Waals surface area contributed by atoms with Crippen molar-refractivity contribution >= 4 is 40.8 Å². The highest BCUT2D eigenvalue weighted by Gasteiger charge is 2.29. The maximum Gasteiger partial charge on any atom is 0.315 e. The van der Waals surface area contributed by atoms with E-state index in [0.717, 1.165) is 31.6 Å². The van der Waals surface area contributed by atoms with Gasteiger partial charge in [0.05, 0.1) is 21.7 Å². The highest BCUT2D eigenvalue weighted by molar-refractivity contribution is 6.40. The average molecular weight is 523 g/mol. The Bertz CT molecular complexity index is 1240. The molecule has 0 unspecified atom stereocenters. The van der Waals surface area contributed by atoms with Crippen LogP contribution in [0.4, 0.5) is 10.5 Å². The van der Waals surface area contributed by atoms with Gasteiger partial charge >= 0.3 is 6.03 Å². The second kappa shape index (κ2) is 10.8. The number of amides is 3. The number of benzene rings is 3. The Morgan fingerprint density at radius 2 is 1.56 bits per heavy atom. The largest absolute Gasteiger partial charge is 0.370 e. The van der Waals surface area contributed by atoms with Crippen molar-refractivity contribution in [2.75, 3.05) is 31.1 Å². The van der Waals surface area contributed by atoms with Crippen LogP contribution in [0.15, 0.2) is 66.7 Å². The third-order valence-corrected chi connectivity index (χ3v) is 7.50. The Balaban J connectivity index is 1.09. The maximum absolute atomic E-state index is 12.7. The van der Waals surface area contributed by atoms with Gasteiger partial charge in [0, 0.05) is 37.8 Å². The summed E-state index contributed by atoms with van der Waals surface area (Å²) < 4.78 is 0. The molecule has 1 fully saturated rings. The van der Waals surface area contributed by atoms with E-state index in [4.69, 9.17) is 23.2 Å². The zero-order chi connectivity index (χ0) is 25.1. The van der Waals surface area contributed by atoms with Crippen LogP contribution in [-0.2, 0) is 6.42 Å². The molecule has 0 saturated carbocycles. The van der Waals surface area contributed by atoms with Crippen molar-refractivity contribution < 1.29 is 9.59 Å². The van der Waals surface area contributed by atoms with Crippen LogP contribution >= 0.6 is 23.2 Å². The molecule has 3 aromatic rings. The minimum Gasteiger partial charge on any atom is -0.370 e. The lowest BCUT2D eigenvalue weighted by Gasteiger charge is -2.41. The minimum atomic E-state index is -0.366. The Hall–Kier alpha value is -3.22. The van der Waals surface area contributed by atoms with E-state index in [1.54, 1.807) is 12.1 Å². The third-order valence-electron chi connectivity index (χ3n) is 6.91. The van der Waals surface area contributed by atoms with E-state index in [9.17, 15) is 9.59 Å². The molecule has 3 N–H and O–H groups in total. The van der Waals surface area contributed by atoms with E-state index in [1.165, 1.54) is 16.7 Å². The normalized spacial score (nSPS) is 16.7. The number of fused-ring (bicyclic) bond motifs is 1. The van der Waals surface area contributed by atoms with Gasteiger partial charge in [-0.3, -0.25) is 4.79 Å². The molecule has 8 heteroatoms. The SMILES string of the molecule is O=C(NCCNC(=O)c1c(Cl)cc(N2CC(c3ccccc3)C2)cc1Cl)N[C@@H]1CCc2ccccc21. The number of hydrogen-bond acceptors (Lipinski definition) is 3. The molecule has 0 radical (unpaired) electrons. The molecule has 0 spiro atoms. The van der Waals surface area contributed by atoms with Gasteiger partial charge in [-0.15, -0.1) is 0 Å². The highest BCUT2D eigenvalue weighted by Crippen LogP contribution is 2.36. The van der Waals surface area contributed by atoms with Crippen LogP contribution in [0.3, 0.4) is 0 Å². The van der Waals surface area contributed by atoms with Crippen molar-refractivity contribution in [2.24, 2.45) is 0 Å². The number of nitrogens with one attached hydrogen (secondary N) is 3. The van der Waals surface area contributed by atoms with Gasteiger partial charge in [0.2, 0.25) is 0 Å². The Morgan fingerprint density at radius 3 is 2.31 bits per heavy atom. The van der Waals surface area contributed by atoms with Gasteiger partial charge < -0.3 is 20.9 Å². The lowest BCUT2D eigenvalue weighted by Crippen LogP contribution is -2.45. The lowest BCUT2D eigenvalue weighted by atomic mass is 9.91. The number of carbonyl (C=O) groups excluding carboxylic acids is 2. The summed E-state index contributed by atoms with van der Waals surface area (Å²) in [7, 11) is 0. The first kappa shape index (κ1) is 24.5. The van der Waals surface area contributed by atoms with E-state index >= 15 is 0 Å². The summed E-state index contributed by atoms with van der Waals surface area (Å²) in [4.78, 5) is 27.2. The molecule has 5 rings (SSSR count). The van der Waals surface area contributed by atoms with Crippen LogP contribution in [0.5, 0.6) is 0 Å². The number of urea groups is 1. The molecule has 1 aliphatic heterocycles. The lowest BCUT2D eigenvalue weighted by molar-refractivity contribution is 0.0954. The fraction of sp³-hybridized carbons (Fsp3) is 0.286. The summed E-state index contributed by atoms with van der Waals surface area (Å²) in [6.07, 6.45) is 1.85. The molecule has 1 saturated heterocycles. The summed E-state index contributed by atoms with van der Waals surface area (Å²) in [5.74, 6) is 0.106. The second-order valence-corrected chi connectivity index (χ2v) is 10.1. The van der Waals surface area contributed by atoms with Crippen LogP contribution in [-0.4, -0.2) is 38.1 Å². The molecule has 1 heterocycles. The summed E-state index contributed by atoms with van der Waals surface area (Å²) in [5.41, 5.74) is 4.91. The molecule has 36 heavy (non-hydrogen) atoms. The molecular formula is C28H28Cl2N4O2. The molecule has 2 aliphatic rings. The summed E-state index contributed by atoms with van der Waals surface area (Å²) >= 11 is 12.9. The Morgan fingerprint density at radius 1 is 0.889 bits per heavy atom. The van der Waals surface area contributed by atoms with Gasteiger partial charge in [-0.05, 0) is 41.7 Å². The van der Waals surface area contributed by atoms with Crippen LogP contribution in [0, 0.1) is 0 Å². The number of nitrogens with zero attached hydrogens (tertiary/aromatic N) is 1. The zero-order valence-electron chi connectivity index (χ0n) is 19.8. The van der Waals surface area contributed by atoms with Gasteiger partial charge in [-0.25, -0.2) is 4.79 Å². The summed E-state index contributed by atoms with van der Waals surface area (Å²) in [5, 5.41) is 9.21. The molecule has 0 bridgehead atoms. The molecular weight excluding hydrogens is 495 g/mol. The highest BCUT2D eigenvalue weighted by atomic mass is 35.5. The molecule has 1 atom stereocenters. The number of hydrogen-bond donors (Lipinski definition) is 3. The smallest absolute Gasteiger partial charge is 0.315 e. The van der Waals surface area contributed by atoms with E-state index < -0.39 is 0 Å². The van der Waals surface area contributed by atoms with Gasteiger partial charge in [-0.1, -0.05) is 77.8 Å². The quantitative estimate of drug-likeness (QED) is 0.368. The second-order valence-electron chi connectivity index (χ2n) is 9.24. The van der Waals surface area contributed by atoms with Crippen LogP contribution < -0.4 is 20.9 Å². The van der Waals surface area contributed by atoms with Gasteiger partial charge in [0.15, 0.2) is 0 Å². The van der Waals surface area contributed by atoms with Crippen molar-refractivity contribution in [1.82, 2.24) is 16.0 Å². The summed E-state index contributed by atoms with van der Waals surface area (Å²) in [6.45, 7) is 2.30. The fourth-order valence-corrected chi connectivity index (χ4v) is 5.59. The zero-order valence-corrected chi connectivity index (χ0v) is 21.3. The first-order chi connectivity index (χ1) is 17.5. The van der Waals surface area contributed by atoms with E-state index in [-0.39, 0.29) is 36.6 Å². The fourth-order valence-electron chi connectivity index (χ4n) is 4.94. The Kier molecular flexibility index (Phi) is 7.35. The number of anilines is 1. The number of carbonyl (C=O) groups is 2. The van der Waals surface area contributed by atoms with Crippen molar-refractivity contribution in [3.05, 3.63) is 99.0 Å². The van der Waals surface area contributed by atoms with E-state index in [2.05, 4.69) is 57.2 Å².